The van der Waals surface area contributed by atoms with E-state index in [1.54, 1.807) is 0 Å². The molecule has 4 heteroatoms. The SMILES string of the molecule is O=C(NC1=CN(CCc2ccc3c(c2)CCO3)CC1)C(c1ccccc1)c1ccccc1. The summed E-state index contributed by atoms with van der Waals surface area (Å²) in [5.74, 6) is 0.737. The average Bonchev–Trinajstić information content (AvgIpc) is 3.48. The van der Waals surface area contributed by atoms with E-state index in [1.807, 2.05) is 60.7 Å². The molecule has 1 N–H and O–H groups in total. The summed E-state index contributed by atoms with van der Waals surface area (Å²) >= 11 is 0. The molecule has 0 saturated heterocycles. The van der Waals surface area contributed by atoms with Crippen LogP contribution in [-0.4, -0.2) is 30.5 Å². The molecule has 2 aliphatic rings. The molecule has 2 heterocycles. The lowest BCUT2D eigenvalue weighted by Gasteiger charge is -2.18. The van der Waals surface area contributed by atoms with E-state index in [0.717, 1.165) is 61.5 Å². The van der Waals surface area contributed by atoms with Gasteiger partial charge in [-0.05, 0) is 34.7 Å². The molecule has 0 unspecified atom stereocenters. The molecule has 162 valence electrons. The highest BCUT2D eigenvalue weighted by atomic mass is 16.5. The summed E-state index contributed by atoms with van der Waals surface area (Å²) in [5.41, 5.74) is 5.67. The Kier molecular flexibility index (Phi) is 5.93. The Hall–Kier alpha value is -3.53. The maximum Gasteiger partial charge on any atom is 0.236 e. The Balaban J connectivity index is 1.24. The summed E-state index contributed by atoms with van der Waals surface area (Å²) in [6.07, 6.45) is 4.97. The van der Waals surface area contributed by atoms with Crippen molar-refractivity contribution in [2.75, 3.05) is 19.7 Å². The van der Waals surface area contributed by atoms with E-state index in [4.69, 9.17) is 4.74 Å². The first-order valence-corrected chi connectivity index (χ1v) is 11.4. The lowest BCUT2D eigenvalue weighted by molar-refractivity contribution is -0.121. The Morgan fingerprint density at radius 3 is 2.38 bits per heavy atom. The van der Waals surface area contributed by atoms with Crippen LogP contribution in [0, 0.1) is 0 Å². The molecule has 1 amide bonds. The molecule has 0 saturated carbocycles. The lowest BCUT2D eigenvalue weighted by atomic mass is 9.90. The van der Waals surface area contributed by atoms with Crippen molar-refractivity contribution in [2.24, 2.45) is 0 Å². The topological polar surface area (TPSA) is 41.6 Å². The number of benzene rings is 3. The minimum absolute atomic E-state index is 0.0223. The number of amides is 1. The molecule has 0 atom stereocenters. The number of hydrogen-bond acceptors (Lipinski definition) is 3. The first-order valence-electron chi connectivity index (χ1n) is 11.4. The van der Waals surface area contributed by atoms with Crippen LogP contribution in [0.5, 0.6) is 5.75 Å². The molecule has 0 spiro atoms. The number of rotatable bonds is 7. The van der Waals surface area contributed by atoms with Crippen molar-refractivity contribution in [2.45, 2.75) is 25.2 Å². The number of carbonyl (C=O) groups excluding carboxylic acids is 1. The van der Waals surface area contributed by atoms with Gasteiger partial charge >= 0.3 is 0 Å². The fraction of sp³-hybridized carbons (Fsp3) is 0.250. The van der Waals surface area contributed by atoms with Crippen molar-refractivity contribution in [3.63, 3.8) is 0 Å². The first-order chi connectivity index (χ1) is 15.8. The van der Waals surface area contributed by atoms with Crippen LogP contribution in [0.25, 0.3) is 0 Å². The third-order valence-corrected chi connectivity index (χ3v) is 6.26. The highest BCUT2D eigenvalue weighted by molar-refractivity contribution is 5.88. The molecular formula is C28H28N2O2. The lowest BCUT2D eigenvalue weighted by Crippen LogP contribution is -2.29. The van der Waals surface area contributed by atoms with Gasteiger partial charge in [-0.2, -0.15) is 0 Å². The van der Waals surface area contributed by atoms with Gasteiger partial charge in [-0.1, -0.05) is 72.8 Å². The number of carbonyl (C=O) groups is 1. The van der Waals surface area contributed by atoms with Gasteiger partial charge in [-0.25, -0.2) is 0 Å². The molecule has 0 aliphatic carbocycles. The Bertz CT molecular complexity index is 1070. The second kappa shape index (κ2) is 9.31. The molecular weight excluding hydrogens is 396 g/mol. The van der Waals surface area contributed by atoms with Crippen molar-refractivity contribution < 1.29 is 9.53 Å². The Labute approximate surface area is 189 Å². The zero-order valence-electron chi connectivity index (χ0n) is 18.2. The second-order valence-corrected chi connectivity index (χ2v) is 8.47. The van der Waals surface area contributed by atoms with Crippen LogP contribution in [-0.2, 0) is 17.6 Å². The minimum atomic E-state index is -0.319. The monoisotopic (exact) mass is 424 g/mol. The maximum atomic E-state index is 13.3. The summed E-state index contributed by atoms with van der Waals surface area (Å²) in [7, 11) is 0. The van der Waals surface area contributed by atoms with E-state index < -0.39 is 0 Å². The zero-order chi connectivity index (χ0) is 21.8. The van der Waals surface area contributed by atoms with Gasteiger partial charge in [-0.15, -0.1) is 0 Å². The first kappa shape index (κ1) is 20.4. The van der Waals surface area contributed by atoms with Crippen molar-refractivity contribution in [3.8, 4) is 5.75 Å². The van der Waals surface area contributed by atoms with Crippen LogP contribution in [0.1, 0.15) is 34.6 Å². The van der Waals surface area contributed by atoms with Crippen molar-refractivity contribution in [1.29, 1.82) is 0 Å². The van der Waals surface area contributed by atoms with Crippen molar-refractivity contribution >= 4 is 5.91 Å². The van der Waals surface area contributed by atoms with Gasteiger partial charge in [-0.3, -0.25) is 4.79 Å². The maximum absolute atomic E-state index is 13.3. The highest BCUT2D eigenvalue weighted by Crippen LogP contribution is 2.27. The molecule has 0 radical (unpaired) electrons. The van der Waals surface area contributed by atoms with Gasteiger partial charge in [0.25, 0.3) is 0 Å². The van der Waals surface area contributed by atoms with Gasteiger partial charge in [0.15, 0.2) is 0 Å². The predicted octanol–water partition coefficient (Wildman–Crippen LogP) is 4.66. The molecule has 2 aliphatic heterocycles. The van der Waals surface area contributed by atoms with Crippen LogP contribution in [0.15, 0.2) is 90.8 Å². The van der Waals surface area contributed by atoms with Gasteiger partial charge in [0.05, 0.1) is 12.5 Å². The summed E-state index contributed by atoms with van der Waals surface area (Å²) < 4.78 is 5.61. The smallest absolute Gasteiger partial charge is 0.236 e. The molecule has 5 rings (SSSR count). The Morgan fingerprint density at radius 2 is 1.66 bits per heavy atom. The average molecular weight is 425 g/mol. The third kappa shape index (κ3) is 4.54. The van der Waals surface area contributed by atoms with Crippen LogP contribution < -0.4 is 10.1 Å². The van der Waals surface area contributed by atoms with E-state index in [2.05, 4.69) is 34.6 Å². The fourth-order valence-corrected chi connectivity index (χ4v) is 4.57. The van der Waals surface area contributed by atoms with Crippen molar-refractivity contribution in [3.05, 3.63) is 113 Å². The normalized spacial score (nSPS) is 14.8. The minimum Gasteiger partial charge on any atom is -0.493 e. The van der Waals surface area contributed by atoms with Crippen LogP contribution in [0.3, 0.4) is 0 Å². The van der Waals surface area contributed by atoms with Crippen molar-refractivity contribution in [1.82, 2.24) is 10.2 Å². The van der Waals surface area contributed by atoms with Gasteiger partial charge in [0.2, 0.25) is 5.91 Å². The van der Waals surface area contributed by atoms with Crippen LogP contribution >= 0.6 is 0 Å². The number of ether oxygens (including phenoxy) is 1. The van der Waals surface area contributed by atoms with Crippen LogP contribution in [0.4, 0.5) is 0 Å². The summed E-state index contributed by atoms with van der Waals surface area (Å²) in [5, 5.41) is 3.20. The molecule has 0 bridgehead atoms. The largest absolute Gasteiger partial charge is 0.493 e. The summed E-state index contributed by atoms with van der Waals surface area (Å²) in [4.78, 5) is 15.6. The summed E-state index contributed by atoms with van der Waals surface area (Å²) in [6, 6.07) is 26.5. The van der Waals surface area contributed by atoms with Gasteiger partial charge in [0, 0.05) is 37.8 Å². The van der Waals surface area contributed by atoms with E-state index in [0.29, 0.717) is 0 Å². The molecule has 3 aromatic carbocycles. The third-order valence-electron chi connectivity index (χ3n) is 6.26. The quantitative estimate of drug-likeness (QED) is 0.600. The predicted molar refractivity (Wildman–Crippen MR) is 126 cm³/mol. The molecule has 4 nitrogen and oxygen atoms in total. The standard InChI is InChI=1S/C28H28N2O2/c31-28(27(22-7-3-1-4-8-22)23-9-5-2-6-10-23)29-25-14-17-30(20-25)16-13-21-11-12-26-24(19-21)15-18-32-26/h1-12,19-20,27H,13-18H2,(H,29,31). The fourth-order valence-electron chi connectivity index (χ4n) is 4.57. The van der Waals surface area contributed by atoms with E-state index >= 15 is 0 Å². The molecule has 3 aromatic rings. The van der Waals surface area contributed by atoms with Crippen LogP contribution in [0.2, 0.25) is 0 Å². The van der Waals surface area contributed by atoms with Gasteiger partial charge in [0.1, 0.15) is 5.75 Å². The number of fused-ring (bicyclic) bond motifs is 1. The number of nitrogens with zero attached hydrogens (tertiary/aromatic N) is 1. The zero-order valence-corrected chi connectivity index (χ0v) is 18.2. The van der Waals surface area contributed by atoms with E-state index in [9.17, 15) is 4.79 Å². The van der Waals surface area contributed by atoms with E-state index in [-0.39, 0.29) is 11.8 Å². The molecule has 0 fully saturated rings. The second-order valence-electron chi connectivity index (χ2n) is 8.47. The molecule has 32 heavy (non-hydrogen) atoms. The summed E-state index contributed by atoms with van der Waals surface area (Å²) in [6.45, 7) is 2.68. The Morgan fingerprint density at radius 1 is 0.938 bits per heavy atom. The van der Waals surface area contributed by atoms with Gasteiger partial charge < -0.3 is 15.0 Å². The molecule has 0 aromatic heterocycles. The number of nitrogens with one attached hydrogen (secondary N) is 1. The van der Waals surface area contributed by atoms with E-state index in [1.165, 1.54) is 11.1 Å². The highest BCUT2D eigenvalue weighted by Gasteiger charge is 2.24. The number of hydrogen-bond donors (Lipinski definition) is 1.